The van der Waals surface area contributed by atoms with Gasteiger partial charge in [-0.1, -0.05) is 29.5 Å². The van der Waals surface area contributed by atoms with E-state index in [1.165, 1.54) is 11.3 Å². The van der Waals surface area contributed by atoms with E-state index in [1.807, 2.05) is 43.3 Å². The van der Waals surface area contributed by atoms with Crippen molar-refractivity contribution in [3.63, 3.8) is 0 Å². The summed E-state index contributed by atoms with van der Waals surface area (Å²) in [6.45, 7) is 3.47. The van der Waals surface area contributed by atoms with Crippen molar-refractivity contribution < 1.29 is 13.9 Å². The number of aromatic nitrogens is 3. The lowest BCUT2D eigenvalue weighted by Crippen LogP contribution is -2.36. The average molecular weight is 477 g/mol. The zero-order valence-corrected chi connectivity index (χ0v) is 19.9. The van der Waals surface area contributed by atoms with Crippen molar-refractivity contribution >= 4 is 32.9 Å². The molecule has 0 aliphatic carbocycles. The molecule has 1 aliphatic heterocycles. The van der Waals surface area contributed by atoms with E-state index in [1.54, 1.807) is 29.1 Å². The lowest BCUT2D eigenvalue weighted by molar-refractivity contribution is -0.131. The van der Waals surface area contributed by atoms with E-state index in [0.29, 0.717) is 42.7 Å². The maximum Gasteiger partial charge on any atom is 0.224 e. The second kappa shape index (κ2) is 9.38. The summed E-state index contributed by atoms with van der Waals surface area (Å²) in [5, 5.41) is 8.57. The number of nitrogens with zero attached hydrogens (tertiary/aromatic N) is 4. The second-order valence-electron chi connectivity index (χ2n) is 8.34. The van der Waals surface area contributed by atoms with Gasteiger partial charge in [0.1, 0.15) is 11.6 Å². The number of hydrogen-bond acceptors (Lipinski definition) is 5. The van der Waals surface area contributed by atoms with Crippen molar-refractivity contribution in [2.24, 2.45) is 0 Å². The molecule has 5 rings (SSSR count). The van der Waals surface area contributed by atoms with Gasteiger partial charge in [-0.25, -0.2) is 4.39 Å². The molecule has 0 unspecified atom stereocenters. The number of hydrogen-bond donors (Lipinski definition) is 0. The number of rotatable bonds is 6. The van der Waals surface area contributed by atoms with Crippen LogP contribution in [0.15, 0.2) is 54.9 Å². The summed E-state index contributed by atoms with van der Waals surface area (Å²) in [5.74, 6) is 0.544. The third-order valence-electron chi connectivity index (χ3n) is 6.14. The zero-order chi connectivity index (χ0) is 23.7. The van der Waals surface area contributed by atoms with Crippen LogP contribution in [0.1, 0.15) is 23.3 Å². The molecule has 0 N–H and O–H groups in total. The Morgan fingerprint density at radius 3 is 2.85 bits per heavy atom. The summed E-state index contributed by atoms with van der Waals surface area (Å²) < 4.78 is 23.7. The summed E-state index contributed by atoms with van der Waals surface area (Å²) in [6, 6.07) is 11.7. The van der Waals surface area contributed by atoms with Crippen molar-refractivity contribution in [1.29, 1.82) is 0 Å². The van der Waals surface area contributed by atoms with Crippen LogP contribution in [-0.4, -0.2) is 46.0 Å². The molecule has 0 saturated heterocycles. The first kappa shape index (κ1) is 22.3. The molecule has 34 heavy (non-hydrogen) atoms. The lowest BCUT2D eigenvalue weighted by atomic mass is 9.93. The first-order valence-corrected chi connectivity index (χ1v) is 12.0. The van der Waals surface area contributed by atoms with Gasteiger partial charge in [0.25, 0.3) is 0 Å². The Labute approximate surface area is 201 Å². The van der Waals surface area contributed by atoms with Gasteiger partial charge in [-0.2, -0.15) is 0 Å². The molecule has 0 radical (unpaired) electrons. The average Bonchev–Trinajstić information content (AvgIpc) is 3.53. The summed E-state index contributed by atoms with van der Waals surface area (Å²) in [7, 11) is 1.64. The van der Waals surface area contributed by atoms with Crippen molar-refractivity contribution in [3.8, 4) is 16.9 Å². The van der Waals surface area contributed by atoms with Crippen LogP contribution in [0, 0.1) is 12.7 Å². The SMILES string of the molecule is COc1ccccc1-c1cc(C2=CCCN(C(=O)CCn3ccnn3)C2)c(F)c2sc(C)cc12. The first-order chi connectivity index (χ1) is 16.5. The van der Waals surface area contributed by atoms with Crippen LogP contribution < -0.4 is 4.74 Å². The van der Waals surface area contributed by atoms with E-state index in [0.717, 1.165) is 32.7 Å². The Balaban J connectivity index is 1.50. The number of ether oxygens (including phenoxy) is 1. The summed E-state index contributed by atoms with van der Waals surface area (Å²) in [4.78, 5) is 15.7. The van der Waals surface area contributed by atoms with Crippen LogP contribution in [0.25, 0.3) is 26.8 Å². The Morgan fingerprint density at radius 2 is 2.06 bits per heavy atom. The normalized spacial score (nSPS) is 13.9. The molecule has 8 heteroatoms. The molecule has 174 valence electrons. The van der Waals surface area contributed by atoms with Gasteiger partial charge in [-0.3, -0.25) is 9.48 Å². The van der Waals surface area contributed by atoms with Crippen LogP contribution in [0.3, 0.4) is 0 Å². The minimum absolute atomic E-state index is 0.0273. The standard InChI is InChI=1S/C26H25FN4O2S/c1-17-14-22-21(19-7-3-4-8-23(19)33-2)15-20(25(27)26(22)34-17)18-6-5-11-30(16-18)24(32)9-12-31-13-10-28-29-31/h3-4,6-8,10,13-15H,5,9,11-12,16H2,1-2H3. The van der Waals surface area contributed by atoms with Gasteiger partial charge < -0.3 is 9.64 Å². The summed E-state index contributed by atoms with van der Waals surface area (Å²) in [5.41, 5.74) is 3.24. The maximum atomic E-state index is 15.8. The number of fused-ring (bicyclic) bond motifs is 1. The number of methoxy groups -OCH3 is 1. The van der Waals surface area contributed by atoms with E-state index in [2.05, 4.69) is 16.4 Å². The van der Waals surface area contributed by atoms with Gasteiger partial charge in [-0.05, 0) is 42.7 Å². The van der Waals surface area contributed by atoms with Crippen molar-refractivity contribution in [2.45, 2.75) is 26.3 Å². The molecule has 0 atom stereocenters. The summed E-state index contributed by atoms with van der Waals surface area (Å²) in [6.07, 6.45) is 6.40. The largest absolute Gasteiger partial charge is 0.496 e. The highest BCUT2D eigenvalue weighted by Crippen LogP contribution is 2.42. The van der Waals surface area contributed by atoms with Crippen LogP contribution in [0.2, 0.25) is 0 Å². The molecule has 2 aromatic heterocycles. The van der Waals surface area contributed by atoms with Crippen molar-refractivity contribution in [3.05, 3.63) is 71.1 Å². The predicted octanol–water partition coefficient (Wildman–Crippen LogP) is 5.32. The van der Waals surface area contributed by atoms with E-state index in [4.69, 9.17) is 4.74 Å². The number of benzene rings is 2. The lowest BCUT2D eigenvalue weighted by Gasteiger charge is -2.28. The van der Waals surface area contributed by atoms with E-state index in [-0.39, 0.29) is 11.7 Å². The highest BCUT2D eigenvalue weighted by Gasteiger charge is 2.24. The molecule has 3 heterocycles. The predicted molar refractivity (Wildman–Crippen MR) is 132 cm³/mol. The zero-order valence-electron chi connectivity index (χ0n) is 19.1. The van der Waals surface area contributed by atoms with Gasteiger partial charge in [-0.15, -0.1) is 16.4 Å². The van der Waals surface area contributed by atoms with E-state index >= 15 is 4.39 Å². The Kier molecular flexibility index (Phi) is 6.15. The topological polar surface area (TPSA) is 60.2 Å². The smallest absolute Gasteiger partial charge is 0.224 e. The van der Waals surface area contributed by atoms with Crippen LogP contribution >= 0.6 is 11.3 Å². The monoisotopic (exact) mass is 476 g/mol. The molecular formula is C26H25FN4O2S. The molecule has 0 fully saturated rings. The maximum absolute atomic E-state index is 15.8. The van der Waals surface area contributed by atoms with Crippen molar-refractivity contribution in [2.75, 3.05) is 20.2 Å². The molecular weight excluding hydrogens is 451 g/mol. The number of amides is 1. The van der Waals surface area contributed by atoms with Crippen LogP contribution in [-0.2, 0) is 11.3 Å². The molecule has 0 spiro atoms. The molecule has 1 aliphatic rings. The third-order valence-corrected chi connectivity index (χ3v) is 7.19. The van der Waals surface area contributed by atoms with Crippen LogP contribution in [0.4, 0.5) is 4.39 Å². The number of thiophene rings is 1. The number of para-hydroxylation sites is 1. The Hall–Kier alpha value is -3.52. The second-order valence-corrected chi connectivity index (χ2v) is 9.59. The Morgan fingerprint density at radius 1 is 1.21 bits per heavy atom. The number of carbonyl (C=O) groups is 1. The van der Waals surface area contributed by atoms with Gasteiger partial charge in [0.15, 0.2) is 0 Å². The van der Waals surface area contributed by atoms with Gasteiger partial charge in [0, 0.05) is 47.1 Å². The first-order valence-electron chi connectivity index (χ1n) is 11.2. The molecule has 1 amide bonds. The quantitative estimate of drug-likeness (QED) is 0.378. The Bertz CT molecular complexity index is 1380. The number of aryl methyl sites for hydroxylation is 2. The van der Waals surface area contributed by atoms with E-state index in [9.17, 15) is 4.79 Å². The van der Waals surface area contributed by atoms with Gasteiger partial charge in [0.2, 0.25) is 5.91 Å². The third kappa shape index (κ3) is 4.21. The highest BCUT2D eigenvalue weighted by molar-refractivity contribution is 7.19. The molecule has 2 aromatic carbocycles. The molecule has 0 bridgehead atoms. The number of carbonyl (C=O) groups excluding carboxylic acids is 1. The van der Waals surface area contributed by atoms with Gasteiger partial charge in [0.05, 0.1) is 24.6 Å². The highest BCUT2D eigenvalue weighted by atomic mass is 32.1. The van der Waals surface area contributed by atoms with Crippen LogP contribution in [0.5, 0.6) is 5.75 Å². The fourth-order valence-electron chi connectivity index (χ4n) is 4.48. The fourth-order valence-corrected chi connectivity index (χ4v) is 5.46. The van der Waals surface area contributed by atoms with Crippen molar-refractivity contribution in [1.82, 2.24) is 19.9 Å². The fraction of sp³-hybridized carbons (Fsp3) is 0.269. The van der Waals surface area contributed by atoms with E-state index < -0.39 is 0 Å². The molecule has 6 nitrogen and oxygen atoms in total. The van der Waals surface area contributed by atoms with Gasteiger partial charge >= 0.3 is 0 Å². The minimum Gasteiger partial charge on any atom is -0.496 e. The molecule has 0 saturated carbocycles. The summed E-state index contributed by atoms with van der Waals surface area (Å²) >= 11 is 1.45. The number of halogens is 1. The minimum atomic E-state index is -0.227. The molecule has 4 aromatic rings.